The van der Waals surface area contributed by atoms with Crippen LogP contribution in [-0.4, -0.2) is 75.9 Å². The number of hydrogen-bond acceptors (Lipinski definition) is 6. The Bertz CT molecular complexity index is 768. The minimum absolute atomic E-state index is 0.436. The summed E-state index contributed by atoms with van der Waals surface area (Å²) in [4.78, 5) is 29.2. The number of aromatic nitrogens is 2. The number of piperidine rings is 1. The SMILES string of the molecule is CCC(=O)C[C@H]1C[C@@H](N2CCC(c3cnc(N4C5CCC4CN(C(C)C)C5)nc3)CC2)C1. The van der Waals surface area contributed by atoms with Gasteiger partial charge in [-0.15, -0.1) is 0 Å². The molecule has 2 unspecified atom stereocenters. The molecule has 6 nitrogen and oxygen atoms in total. The Balaban J connectivity index is 1.12. The second-order valence-corrected chi connectivity index (χ2v) is 11.1. The summed E-state index contributed by atoms with van der Waals surface area (Å²) in [5.41, 5.74) is 1.32. The normalized spacial score (nSPS) is 31.8. The first-order valence-electron chi connectivity index (χ1n) is 13.1. The Morgan fingerprint density at radius 1 is 1.00 bits per heavy atom. The first kappa shape index (κ1) is 22.3. The zero-order valence-electron chi connectivity index (χ0n) is 20.2. The highest BCUT2D eigenvalue weighted by Gasteiger charge is 2.42. The highest BCUT2D eigenvalue weighted by molar-refractivity contribution is 5.78. The third-order valence-corrected chi connectivity index (χ3v) is 8.77. The lowest BCUT2D eigenvalue weighted by Gasteiger charge is -2.45. The Kier molecular flexibility index (Phi) is 6.53. The smallest absolute Gasteiger partial charge is 0.225 e. The molecule has 1 aliphatic carbocycles. The molecular formula is C26H41N5O. The number of carbonyl (C=O) groups excluding carboxylic acids is 1. The van der Waals surface area contributed by atoms with Gasteiger partial charge in [0.15, 0.2) is 0 Å². The molecule has 4 fully saturated rings. The van der Waals surface area contributed by atoms with Gasteiger partial charge in [0.2, 0.25) is 5.95 Å². The number of nitrogens with zero attached hydrogens (tertiary/aromatic N) is 5. The fourth-order valence-corrected chi connectivity index (χ4v) is 6.59. The Morgan fingerprint density at radius 3 is 2.19 bits per heavy atom. The molecule has 0 radical (unpaired) electrons. The van der Waals surface area contributed by atoms with Crippen LogP contribution in [0.15, 0.2) is 12.4 Å². The second kappa shape index (κ2) is 9.38. The molecule has 2 atom stereocenters. The van der Waals surface area contributed by atoms with Crippen molar-refractivity contribution < 1.29 is 4.79 Å². The monoisotopic (exact) mass is 439 g/mol. The summed E-state index contributed by atoms with van der Waals surface area (Å²) in [5.74, 6) is 2.62. The van der Waals surface area contributed by atoms with Gasteiger partial charge in [-0.05, 0) is 82.9 Å². The van der Waals surface area contributed by atoms with Crippen LogP contribution < -0.4 is 4.90 Å². The molecule has 176 valence electrons. The number of Topliss-reactive ketones (excluding diaryl/α,β-unsaturated/α-hetero) is 1. The number of hydrogen-bond donors (Lipinski definition) is 0. The van der Waals surface area contributed by atoms with Crippen molar-refractivity contribution in [3.8, 4) is 0 Å². The largest absolute Gasteiger partial charge is 0.332 e. The zero-order chi connectivity index (χ0) is 22.2. The summed E-state index contributed by atoms with van der Waals surface area (Å²) in [6.45, 7) is 11.2. The molecule has 0 N–H and O–H groups in total. The number of ketones is 1. The van der Waals surface area contributed by atoms with E-state index < -0.39 is 0 Å². The molecule has 5 rings (SSSR count). The highest BCUT2D eigenvalue weighted by atomic mass is 16.1. The number of rotatable bonds is 7. The zero-order valence-corrected chi connectivity index (χ0v) is 20.2. The predicted molar refractivity (Wildman–Crippen MR) is 128 cm³/mol. The van der Waals surface area contributed by atoms with E-state index in [1.54, 1.807) is 0 Å². The Hall–Kier alpha value is -1.53. The van der Waals surface area contributed by atoms with Crippen molar-refractivity contribution in [3.63, 3.8) is 0 Å². The van der Waals surface area contributed by atoms with E-state index in [2.05, 4.69) is 40.9 Å². The lowest BCUT2D eigenvalue weighted by molar-refractivity contribution is -0.120. The third kappa shape index (κ3) is 4.45. The predicted octanol–water partition coefficient (Wildman–Crippen LogP) is 3.87. The standard InChI is InChI=1S/C26H41N5O/c1-4-25(32)13-19-11-24(12-19)29-9-7-20(8-10-29)21-14-27-26(28-15-21)31-22-5-6-23(31)17-30(16-22)18(2)3/h14-15,18-20,22-24H,4-13,16-17H2,1-3H3/t19-,22?,23?,24+. The van der Waals surface area contributed by atoms with Gasteiger partial charge in [-0.3, -0.25) is 9.69 Å². The van der Waals surface area contributed by atoms with Crippen molar-refractivity contribution in [3.05, 3.63) is 18.0 Å². The van der Waals surface area contributed by atoms with E-state index in [4.69, 9.17) is 9.97 Å². The van der Waals surface area contributed by atoms with E-state index >= 15 is 0 Å². The molecule has 0 aromatic carbocycles. The van der Waals surface area contributed by atoms with Gasteiger partial charge in [-0.1, -0.05) is 6.92 Å². The molecule has 0 spiro atoms. The van der Waals surface area contributed by atoms with Crippen molar-refractivity contribution in [1.82, 2.24) is 19.8 Å². The van der Waals surface area contributed by atoms with E-state index in [1.807, 2.05) is 6.92 Å². The van der Waals surface area contributed by atoms with E-state index in [9.17, 15) is 4.79 Å². The molecule has 6 heteroatoms. The van der Waals surface area contributed by atoms with Gasteiger partial charge in [0.1, 0.15) is 5.78 Å². The van der Waals surface area contributed by atoms with Crippen molar-refractivity contribution in [1.29, 1.82) is 0 Å². The first-order valence-corrected chi connectivity index (χ1v) is 13.1. The van der Waals surface area contributed by atoms with E-state index in [0.717, 1.165) is 25.5 Å². The van der Waals surface area contributed by atoms with Gasteiger partial charge in [0.05, 0.1) is 0 Å². The van der Waals surface area contributed by atoms with E-state index in [-0.39, 0.29) is 0 Å². The molecule has 0 amide bonds. The maximum atomic E-state index is 11.7. The van der Waals surface area contributed by atoms with Gasteiger partial charge in [0.25, 0.3) is 0 Å². The van der Waals surface area contributed by atoms with Gasteiger partial charge >= 0.3 is 0 Å². The van der Waals surface area contributed by atoms with Crippen LogP contribution in [0.5, 0.6) is 0 Å². The van der Waals surface area contributed by atoms with Gasteiger partial charge in [0, 0.05) is 62.5 Å². The molecule has 3 aliphatic heterocycles. The summed E-state index contributed by atoms with van der Waals surface area (Å²) in [6.07, 6.45) is 13.1. The van der Waals surface area contributed by atoms with Gasteiger partial charge in [-0.25, -0.2) is 9.97 Å². The van der Waals surface area contributed by atoms with Crippen molar-refractivity contribution in [2.75, 3.05) is 31.1 Å². The van der Waals surface area contributed by atoms with Crippen LogP contribution in [0.25, 0.3) is 0 Å². The third-order valence-electron chi connectivity index (χ3n) is 8.77. The fourth-order valence-electron chi connectivity index (χ4n) is 6.59. The molecule has 4 aliphatic rings. The average Bonchev–Trinajstić information content (AvgIpc) is 3.04. The second-order valence-electron chi connectivity index (χ2n) is 11.1. The average molecular weight is 440 g/mol. The van der Waals surface area contributed by atoms with Crippen molar-refractivity contribution in [2.45, 2.75) is 102 Å². The van der Waals surface area contributed by atoms with Crippen LogP contribution in [0.3, 0.4) is 0 Å². The minimum atomic E-state index is 0.436. The van der Waals surface area contributed by atoms with Gasteiger partial charge < -0.3 is 9.80 Å². The number of carbonyl (C=O) groups is 1. The molecule has 4 heterocycles. The molecule has 2 bridgehead atoms. The molecule has 1 saturated carbocycles. The lowest BCUT2D eigenvalue weighted by atomic mass is 9.75. The molecule has 1 aromatic heterocycles. The topological polar surface area (TPSA) is 52.6 Å². The molecule has 1 aromatic rings. The summed E-state index contributed by atoms with van der Waals surface area (Å²) in [5, 5.41) is 0. The molecule has 32 heavy (non-hydrogen) atoms. The van der Waals surface area contributed by atoms with Crippen LogP contribution in [0.2, 0.25) is 0 Å². The fraction of sp³-hybridized carbons (Fsp3) is 0.808. The first-order chi connectivity index (χ1) is 15.5. The van der Waals surface area contributed by atoms with Crippen LogP contribution >= 0.6 is 0 Å². The minimum Gasteiger partial charge on any atom is -0.332 e. The molecule has 3 saturated heterocycles. The maximum Gasteiger partial charge on any atom is 0.225 e. The van der Waals surface area contributed by atoms with E-state index in [1.165, 1.54) is 57.2 Å². The number of piperazine rings is 1. The summed E-state index contributed by atoms with van der Waals surface area (Å²) in [7, 11) is 0. The number of fused-ring (bicyclic) bond motifs is 2. The van der Waals surface area contributed by atoms with Crippen LogP contribution in [0.4, 0.5) is 5.95 Å². The summed E-state index contributed by atoms with van der Waals surface area (Å²) in [6, 6.07) is 2.48. The van der Waals surface area contributed by atoms with Crippen LogP contribution in [0.1, 0.15) is 83.6 Å². The van der Waals surface area contributed by atoms with E-state index in [0.29, 0.717) is 48.2 Å². The van der Waals surface area contributed by atoms with Crippen molar-refractivity contribution >= 4 is 11.7 Å². The summed E-state index contributed by atoms with van der Waals surface area (Å²) < 4.78 is 0. The highest BCUT2D eigenvalue weighted by Crippen LogP contribution is 2.38. The molecular weight excluding hydrogens is 398 g/mol. The van der Waals surface area contributed by atoms with Crippen molar-refractivity contribution in [2.24, 2.45) is 5.92 Å². The maximum absolute atomic E-state index is 11.7. The summed E-state index contributed by atoms with van der Waals surface area (Å²) >= 11 is 0. The Morgan fingerprint density at radius 2 is 1.62 bits per heavy atom. The van der Waals surface area contributed by atoms with Crippen LogP contribution in [-0.2, 0) is 4.79 Å². The lowest BCUT2D eigenvalue weighted by Crippen LogP contribution is -2.56. The Labute approximate surface area is 193 Å². The number of anilines is 1. The quantitative estimate of drug-likeness (QED) is 0.643. The van der Waals surface area contributed by atoms with Crippen LogP contribution in [0, 0.1) is 5.92 Å². The number of likely N-dealkylation sites (tertiary alicyclic amines) is 2. The van der Waals surface area contributed by atoms with Gasteiger partial charge in [-0.2, -0.15) is 0 Å².